The quantitative estimate of drug-likeness (QED) is 0.818. The summed E-state index contributed by atoms with van der Waals surface area (Å²) >= 11 is 0. The van der Waals surface area contributed by atoms with Crippen molar-refractivity contribution in [2.75, 3.05) is 18.1 Å². The minimum Gasteiger partial charge on any atom is -0.484 e. The minimum absolute atomic E-state index is 0.0235. The average Bonchev–Trinajstić information content (AvgIpc) is 3.10. The lowest BCUT2D eigenvalue weighted by Crippen LogP contribution is -2.28. The second-order valence-corrected chi connectivity index (χ2v) is 6.41. The molecule has 0 bridgehead atoms. The Kier molecular flexibility index (Phi) is 5.87. The van der Waals surface area contributed by atoms with Gasteiger partial charge in [-0.05, 0) is 42.3 Å². The highest BCUT2D eigenvalue weighted by atomic mass is 19.4. The second-order valence-electron chi connectivity index (χ2n) is 6.41. The van der Waals surface area contributed by atoms with Crippen LogP contribution >= 0.6 is 0 Å². The Hall–Kier alpha value is -3.03. The molecule has 2 amide bonds. The van der Waals surface area contributed by atoms with E-state index >= 15 is 0 Å². The van der Waals surface area contributed by atoms with Gasteiger partial charge in [0.25, 0.3) is 5.91 Å². The van der Waals surface area contributed by atoms with Gasteiger partial charge in [0, 0.05) is 25.2 Å². The van der Waals surface area contributed by atoms with Gasteiger partial charge in [0.05, 0.1) is 5.56 Å². The third kappa shape index (κ3) is 5.03. The van der Waals surface area contributed by atoms with Crippen molar-refractivity contribution in [3.63, 3.8) is 0 Å². The van der Waals surface area contributed by atoms with E-state index in [2.05, 4.69) is 5.32 Å². The van der Waals surface area contributed by atoms with E-state index in [0.29, 0.717) is 13.0 Å². The summed E-state index contributed by atoms with van der Waals surface area (Å²) in [5.41, 5.74) is 0.829. The highest BCUT2D eigenvalue weighted by Gasteiger charge is 2.30. The maximum Gasteiger partial charge on any atom is 0.416 e. The predicted octanol–water partition coefficient (Wildman–Crippen LogP) is 3.53. The molecule has 0 atom stereocenters. The highest BCUT2D eigenvalue weighted by Crippen LogP contribution is 2.31. The van der Waals surface area contributed by atoms with Crippen LogP contribution in [0.1, 0.15) is 24.0 Å². The fourth-order valence-corrected chi connectivity index (χ4v) is 2.88. The summed E-state index contributed by atoms with van der Waals surface area (Å²) in [6.45, 7) is 0.572. The van der Waals surface area contributed by atoms with Crippen molar-refractivity contribution in [2.45, 2.75) is 25.6 Å². The van der Waals surface area contributed by atoms with Crippen LogP contribution in [-0.2, 0) is 22.3 Å². The molecule has 2 aromatic rings. The van der Waals surface area contributed by atoms with E-state index in [1.165, 1.54) is 12.1 Å². The van der Waals surface area contributed by atoms with Crippen molar-refractivity contribution in [2.24, 2.45) is 0 Å². The topological polar surface area (TPSA) is 58.6 Å². The molecule has 8 heteroatoms. The van der Waals surface area contributed by atoms with E-state index in [-0.39, 0.29) is 24.8 Å². The van der Waals surface area contributed by atoms with Gasteiger partial charge in [-0.3, -0.25) is 9.59 Å². The van der Waals surface area contributed by atoms with Gasteiger partial charge in [0.2, 0.25) is 5.91 Å². The molecule has 28 heavy (non-hydrogen) atoms. The number of amides is 2. The summed E-state index contributed by atoms with van der Waals surface area (Å²) in [5.74, 6) is -0.367. The number of nitrogens with zero attached hydrogens (tertiary/aromatic N) is 1. The SMILES string of the molecule is O=C(COc1cccc(C(F)(F)F)c1)NCc1ccc(N2CCCC2=O)cc1. The number of nitrogens with one attached hydrogen (secondary N) is 1. The largest absolute Gasteiger partial charge is 0.484 e. The zero-order valence-corrected chi connectivity index (χ0v) is 15.0. The summed E-state index contributed by atoms with van der Waals surface area (Å²) in [6, 6.07) is 11.7. The molecule has 0 radical (unpaired) electrons. The van der Waals surface area contributed by atoms with Crippen LogP contribution in [0.2, 0.25) is 0 Å². The van der Waals surface area contributed by atoms with Crippen LogP contribution in [0.3, 0.4) is 0 Å². The maximum absolute atomic E-state index is 12.7. The summed E-state index contributed by atoms with van der Waals surface area (Å²) in [5, 5.41) is 2.65. The number of anilines is 1. The lowest BCUT2D eigenvalue weighted by molar-refractivity contribution is -0.137. The van der Waals surface area contributed by atoms with E-state index < -0.39 is 17.6 Å². The zero-order chi connectivity index (χ0) is 20.1. The van der Waals surface area contributed by atoms with Crippen molar-refractivity contribution >= 4 is 17.5 Å². The van der Waals surface area contributed by atoms with E-state index in [1.807, 2.05) is 24.3 Å². The van der Waals surface area contributed by atoms with Crippen molar-refractivity contribution in [1.29, 1.82) is 0 Å². The Morgan fingerprint density at radius 3 is 2.54 bits per heavy atom. The minimum atomic E-state index is -4.46. The molecule has 3 rings (SSSR count). The summed E-state index contributed by atoms with van der Waals surface area (Å²) in [4.78, 5) is 25.3. The number of carbonyl (C=O) groups is 2. The Labute approximate surface area is 160 Å². The zero-order valence-electron chi connectivity index (χ0n) is 15.0. The summed E-state index contributed by atoms with van der Waals surface area (Å²) < 4.78 is 43.1. The first-order valence-electron chi connectivity index (χ1n) is 8.79. The number of alkyl halides is 3. The molecule has 1 N–H and O–H groups in total. The van der Waals surface area contributed by atoms with Crippen molar-refractivity contribution < 1.29 is 27.5 Å². The van der Waals surface area contributed by atoms with E-state index in [0.717, 1.165) is 29.8 Å². The van der Waals surface area contributed by atoms with Gasteiger partial charge in [0.15, 0.2) is 6.61 Å². The monoisotopic (exact) mass is 392 g/mol. The van der Waals surface area contributed by atoms with E-state index in [9.17, 15) is 22.8 Å². The molecule has 1 heterocycles. The Bertz CT molecular complexity index is 851. The van der Waals surface area contributed by atoms with Crippen molar-refractivity contribution in [3.8, 4) is 5.75 Å². The molecular formula is C20H19F3N2O3. The number of carbonyl (C=O) groups excluding carboxylic acids is 2. The van der Waals surface area contributed by atoms with Gasteiger partial charge < -0.3 is 15.0 Å². The highest BCUT2D eigenvalue weighted by molar-refractivity contribution is 5.95. The fourth-order valence-electron chi connectivity index (χ4n) is 2.88. The van der Waals surface area contributed by atoms with Gasteiger partial charge in [-0.25, -0.2) is 0 Å². The van der Waals surface area contributed by atoms with Crippen LogP contribution in [0.5, 0.6) is 5.75 Å². The standard InChI is InChI=1S/C20H19F3N2O3/c21-20(22,23)15-3-1-4-17(11-15)28-13-18(26)24-12-14-6-8-16(9-7-14)25-10-2-5-19(25)27/h1,3-4,6-9,11H,2,5,10,12-13H2,(H,24,26). The summed E-state index contributed by atoms with van der Waals surface area (Å²) in [7, 11) is 0. The second kappa shape index (κ2) is 8.33. The fraction of sp³-hybridized carbons (Fsp3) is 0.300. The number of rotatable bonds is 6. The Morgan fingerprint density at radius 2 is 1.89 bits per heavy atom. The number of hydrogen-bond donors (Lipinski definition) is 1. The third-order valence-corrected chi connectivity index (χ3v) is 4.34. The molecule has 2 aromatic carbocycles. The lowest BCUT2D eigenvalue weighted by atomic mass is 10.2. The average molecular weight is 392 g/mol. The predicted molar refractivity (Wildman–Crippen MR) is 96.8 cm³/mol. The molecule has 1 aliphatic rings. The number of ether oxygens (including phenoxy) is 1. The normalized spacial score (nSPS) is 14.2. The smallest absolute Gasteiger partial charge is 0.416 e. The van der Waals surface area contributed by atoms with Crippen molar-refractivity contribution in [1.82, 2.24) is 5.32 Å². The molecule has 1 saturated heterocycles. The number of benzene rings is 2. The number of hydrogen-bond acceptors (Lipinski definition) is 3. The van der Waals surface area contributed by atoms with Gasteiger partial charge in [-0.1, -0.05) is 18.2 Å². The van der Waals surface area contributed by atoms with Crippen LogP contribution < -0.4 is 15.0 Å². The molecule has 1 aliphatic heterocycles. The molecule has 5 nitrogen and oxygen atoms in total. The number of halogens is 3. The molecule has 0 saturated carbocycles. The molecule has 0 aromatic heterocycles. The molecule has 0 spiro atoms. The first kappa shape index (κ1) is 19.7. The van der Waals surface area contributed by atoms with Crippen LogP contribution in [0.15, 0.2) is 48.5 Å². The first-order valence-corrected chi connectivity index (χ1v) is 8.79. The Morgan fingerprint density at radius 1 is 1.14 bits per heavy atom. The molecule has 0 unspecified atom stereocenters. The molecule has 148 valence electrons. The maximum atomic E-state index is 12.7. The van der Waals surface area contributed by atoms with Crippen LogP contribution in [0.4, 0.5) is 18.9 Å². The van der Waals surface area contributed by atoms with E-state index in [4.69, 9.17) is 4.74 Å². The Balaban J connectivity index is 1.47. The van der Waals surface area contributed by atoms with Crippen LogP contribution in [0, 0.1) is 0 Å². The van der Waals surface area contributed by atoms with Crippen LogP contribution in [0.25, 0.3) is 0 Å². The molecular weight excluding hydrogens is 373 g/mol. The van der Waals surface area contributed by atoms with Crippen molar-refractivity contribution in [3.05, 3.63) is 59.7 Å². The van der Waals surface area contributed by atoms with Gasteiger partial charge in [-0.15, -0.1) is 0 Å². The van der Waals surface area contributed by atoms with Crippen LogP contribution in [-0.4, -0.2) is 25.0 Å². The third-order valence-electron chi connectivity index (χ3n) is 4.34. The first-order chi connectivity index (χ1) is 13.3. The molecule has 1 fully saturated rings. The van der Waals surface area contributed by atoms with E-state index in [1.54, 1.807) is 4.90 Å². The van der Waals surface area contributed by atoms with Gasteiger partial charge in [-0.2, -0.15) is 13.2 Å². The molecule has 0 aliphatic carbocycles. The summed E-state index contributed by atoms with van der Waals surface area (Å²) in [6.07, 6.45) is -3.06. The van der Waals surface area contributed by atoms with Gasteiger partial charge in [0.1, 0.15) is 5.75 Å². The van der Waals surface area contributed by atoms with Gasteiger partial charge >= 0.3 is 6.18 Å². The lowest BCUT2D eigenvalue weighted by Gasteiger charge is -2.16.